The van der Waals surface area contributed by atoms with E-state index in [1.54, 1.807) is 29.2 Å². The Morgan fingerprint density at radius 3 is 2.38 bits per heavy atom. The molecule has 0 radical (unpaired) electrons. The van der Waals surface area contributed by atoms with Gasteiger partial charge >= 0.3 is 0 Å². The molecule has 24 heavy (non-hydrogen) atoms. The van der Waals surface area contributed by atoms with E-state index in [9.17, 15) is 9.59 Å². The van der Waals surface area contributed by atoms with Crippen molar-refractivity contribution in [3.8, 4) is 5.75 Å². The fourth-order valence-electron chi connectivity index (χ4n) is 3.10. The van der Waals surface area contributed by atoms with Crippen molar-refractivity contribution >= 4 is 11.7 Å². The molecule has 0 aromatic heterocycles. The molecule has 2 rings (SSSR count). The molecule has 1 fully saturated rings. The third-order valence-electron chi connectivity index (χ3n) is 4.62. The lowest BCUT2D eigenvalue weighted by Gasteiger charge is -2.28. The van der Waals surface area contributed by atoms with Crippen LogP contribution in [0.4, 0.5) is 0 Å². The number of hydrogen-bond donors (Lipinski definition) is 2. The maximum absolute atomic E-state index is 12.2. The van der Waals surface area contributed by atoms with Gasteiger partial charge in [-0.25, -0.2) is 0 Å². The van der Waals surface area contributed by atoms with Gasteiger partial charge in [0.15, 0.2) is 5.78 Å². The number of benzene rings is 1. The van der Waals surface area contributed by atoms with Crippen molar-refractivity contribution in [2.45, 2.75) is 45.6 Å². The second-order valence-electron chi connectivity index (χ2n) is 6.33. The molecule has 5 heteroatoms. The van der Waals surface area contributed by atoms with Crippen LogP contribution < -0.4 is 15.0 Å². The van der Waals surface area contributed by atoms with E-state index in [0.29, 0.717) is 12.2 Å². The molecule has 1 aromatic carbocycles. The number of piperidine rings is 1. The Labute approximate surface area is 144 Å². The summed E-state index contributed by atoms with van der Waals surface area (Å²) < 4.78 is 5.36. The maximum atomic E-state index is 12.2. The zero-order valence-corrected chi connectivity index (χ0v) is 14.8. The Morgan fingerprint density at radius 1 is 1.12 bits per heavy atom. The zero-order chi connectivity index (χ0) is 17.4. The van der Waals surface area contributed by atoms with E-state index in [1.165, 1.54) is 0 Å². The van der Waals surface area contributed by atoms with E-state index in [2.05, 4.69) is 12.2 Å². The van der Waals surface area contributed by atoms with E-state index in [4.69, 9.17) is 4.74 Å². The number of carbonyl (C=O) groups is 2. The number of likely N-dealkylation sites (tertiary alicyclic amines) is 1. The molecule has 5 nitrogen and oxygen atoms in total. The summed E-state index contributed by atoms with van der Waals surface area (Å²) in [6.45, 7) is 8.11. The summed E-state index contributed by atoms with van der Waals surface area (Å²) in [5, 5.41) is 3.07. The summed E-state index contributed by atoms with van der Waals surface area (Å²) in [4.78, 5) is 25.8. The quantitative estimate of drug-likeness (QED) is 0.704. The average molecular weight is 333 g/mol. The number of carbonyl (C=O) groups excluding carboxylic acids is 2. The van der Waals surface area contributed by atoms with Crippen molar-refractivity contribution in [1.82, 2.24) is 5.32 Å². The SMILES string of the molecule is CCOc1ccc(C(=O)CCC(=O)NC2CC[NH+](CC)CC2)cc1. The van der Waals surface area contributed by atoms with Crippen LogP contribution in [-0.2, 0) is 4.79 Å². The summed E-state index contributed by atoms with van der Waals surface area (Å²) in [6.07, 6.45) is 2.56. The topological polar surface area (TPSA) is 59.8 Å². The van der Waals surface area contributed by atoms with Gasteiger partial charge in [0.1, 0.15) is 5.75 Å². The first-order valence-corrected chi connectivity index (χ1v) is 9.01. The Morgan fingerprint density at radius 2 is 1.79 bits per heavy atom. The van der Waals surface area contributed by atoms with Crippen LogP contribution in [0, 0.1) is 0 Å². The standard InChI is InChI=1S/C19H28N2O3/c1-3-21-13-11-16(12-14-21)20-19(23)10-9-18(22)15-5-7-17(8-6-15)24-4-2/h5-8,16H,3-4,9-14H2,1-2H3,(H,20,23)/p+1. The molecule has 0 saturated carbocycles. The van der Waals surface area contributed by atoms with Crippen molar-refractivity contribution in [2.75, 3.05) is 26.2 Å². The molecule has 1 heterocycles. The van der Waals surface area contributed by atoms with Crippen LogP contribution in [0.5, 0.6) is 5.75 Å². The molecule has 2 N–H and O–H groups in total. The summed E-state index contributed by atoms with van der Waals surface area (Å²) >= 11 is 0. The van der Waals surface area contributed by atoms with Crippen molar-refractivity contribution in [3.63, 3.8) is 0 Å². The summed E-state index contributed by atoms with van der Waals surface area (Å²) in [7, 11) is 0. The number of ketones is 1. The van der Waals surface area contributed by atoms with Gasteiger partial charge in [-0.05, 0) is 38.1 Å². The molecule has 0 aliphatic carbocycles. The van der Waals surface area contributed by atoms with Crippen LogP contribution in [0.3, 0.4) is 0 Å². The third kappa shape index (κ3) is 5.64. The number of nitrogens with one attached hydrogen (secondary N) is 2. The first kappa shape index (κ1) is 18.5. The minimum Gasteiger partial charge on any atom is -0.494 e. The molecule has 132 valence electrons. The molecule has 1 aromatic rings. The molecular weight excluding hydrogens is 304 g/mol. The van der Waals surface area contributed by atoms with Crippen LogP contribution in [0.1, 0.15) is 49.9 Å². The number of hydrogen-bond acceptors (Lipinski definition) is 3. The molecule has 1 aliphatic heterocycles. The lowest BCUT2D eigenvalue weighted by Crippen LogP contribution is -3.13. The minimum absolute atomic E-state index is 0.00144. The lowest BCUT2D eigenvalue weighted by molar-refractivity contribution is -0.903. The Balaban J connectivity index is 1.72. The van der Waals surface area contributed by atoms with Crippen molar-refractivity contribution < 1.29 is 19.2 Å². The normalized spacial score (nSPS) is 20.4. The van der Waals surface area contributed by atoms with E-state index < -0.39 is 0 Å². The first-order chi connectivity index (χ1) is 11.6. The summed E-state index contributed by atoms with van der Waals surface area (Å²) in [5.41, 5.74) is 0.631. The molecule has 0 bridgehead atoms. The number of amides is 1. The van der Waals surface area contributed by atoms with Gasteiger partial charge in [-0.2, -0.15) is 0 Å². The Bertz CT molecular complexity index is 534. The van der Waals surface area contributed by atoms with Crippen molar-refractivity contribution in [2.24, 2.45) is 0 Å². The van der Waals surface area contributed by atoms with Crippen LogP contribution in [-0.4, -0.2) is 44.0 Å². The molecule has 0 atom stereocenters. The van der Waals surface area contributed by atoms with E-state index in [1.807, 2.05) is 6.92 Å². The zero-order valence-electron chi connectivity index (χ0n) is 14.8. The number of ether oxygens (including phenoxy) is 1. The lowest BCUT2D eigenvalue weighted by atomic mass is 10.0. The third-order valence-corrected chi connectivity index (χ3v) is 4.62. The maximum Gasteiger partial charge on any atom is 0.220 e. The molecule has 1 amide bonds. The van der Waals surface area contributed by atoms with Crippen LogP contribution >= 0.6 is 0 Å². The highest BCUT2D eigenvalue weighted by Crippen LogP contribution is 2.14. The summed E-state index contributed by atoms with van der Waals surface area (Å²) in [5.74, 6) is 0.741. The molecular formula is C19H29N2O3+. The average Bonchev–Trinajstić information content (AvgIpc) is 2.61. The van der Waals surface area contributed by atoms with Gasteiger partial charge < -0.3 is 15.0 Å². The number of Topliss-reactive ketones (excluding diaryl/α,β-unsaturated/α-hetero) is 1. The first-order valence-electron chi connectivity index (χ1n) is 9.01. The fraction of sp³-hybridized carbons (Fsp3) is 0.579. The van der Waals surface area contributed by atoms with Gasteiger partial charge in [0.2, 0.25) is 5.91 Å². The predicted octanol–water partition coefficient (Wildman–Crippen LogP) is 1.23. The van der Waals surface area contributed by atoms with Gasteiger partial charge in [-0.3, -0.25) is 9.59 Å². The van der Waals surface area contributed by atoms with Gasteiger partial charge in [-0.1, -0.05) is 0 Å². The van der Waals surface area contributed by atoms with Crippen LogP contribution in [0.25, 0.3) is 0 Å². The highest BCUT2D eigenvalue weighted by molar-refractivity contribution is 5.98. The Kier molecular flexibility index (Phi) is 7.25. The minimum atomic E-state index is -0.0146. The largest absolute Gasteiger partial charge is 0.494 e. The van der Waals surface area contributed by atoms with Gasteiger partial charge in [0, 0.05) is 37.3 Å². The summed E-state index contributed by atoms with van der Waals surface area (Å²) in [6, 6.07) is 7.37. The van der Waals surface area contributed by atoms with E-state index in [-0.39, 0.29) is 30.6 Å². The second-order valence-corrected chi connectivity index (χ2v) is 6.33. The van der Waals surface area contributed by atoms with E-state index >= 15 is 0 Å². The number of quaternary nitrogens is 1. The smallest absolute Gasteiger partial charge is 0.220 e. The fourth-order valence-corrected chi connectivity index (χ4v) is 3.10. The molecule has 0 unspecified atom stereocenters. The molecule has 1 aliphatic rings. The Hall–Kier alpha value is -1.88. The predicted molar refractivity (Wildman–Crippen MR) is 93.6 cm³/mol. The van der Waals surface area contributed by atoms with Crippen molar-refractivity contribution in [1.29, 1.82) is 0 Å². The monoisotopic (exact) mass is 333 g/mol. The van der Waals surface area contributed by atoms with Gasteiger partial charge in [0.25, 0.3) is 0 Å². The van der Waals surface area contributed by atoms with Crippen molar-refractivity contribution in [3.05, 3.63) is 29.8 Å². The molecule has 0 spiro atoms. The highest BCUT2D eigenvalue weighted by atomic mass is 16.5. The van der Waals surface area contributed by atoms with Gasteiger partial charge in [-0.15, -0.1) is 0 Å². The van der Waals surface area contributed by atoms with Crippen LogP contribution in [0.2, 0.25) is 0 Å². The highest BCUT2D eigenvalue weighted by Gasteiger charge is 2.22. The second kappa shape index (κ2) is 9.42. The number of rotatable bonds is 8. The van der Waals surface area contributed by atoms with E-state index in [0.717, 1.165) is 38.2 Å². The van der Waals surface area contributed by atoms with Gasteiger partial charge in [0.05, 0.1) is 26.2 Å². The van der Waals surface area contributed by atoms with Crippen LogP contribution in [0.15, 0.2) is 24.3 Å². The molecule has 1 saturated heterocycles.